The van der Waals surface area contributed by atoms with Gasteiger partial charge in [0.05, 0.1) is 37.6 Å². The van der Waals surface area contributed by atoms with Gasteiger partial charge in [-0.15, -0.1) is 5.10 Å². The Kier molecular flexibility index (Phi) is 3.90. The third-order valence-corrected chi connectivity index (χ3v) is 2.80. The fourth-order valence-electron chi connectivity index (χ4n) is 1.88. The van der Waals surface area contributed by atoms with E-state index in [4.69, 9.17) is 15.7 Å². The predicted octanol–water partition coefficient (Wildman–Crippen LogP) is -1.23. The predicted molar refractivity (Wildman–Crippen MR) is 63.6 cm³/mol. The number of aromatic nitrogens is 2. The number of nitrogens with zero attached hydrogens (tertiary/aromatic N) is 4. The Bertz CT molecular complexity index is 439. The summed E-state index contributed by atoms with van der Waals surface area (Å²) in [6, 6.07) is 1.40. The van der Waals surface area contributed by atoms with Gasteiger partial charge in [0, 0.05) is 6.54 Å². The summed E-state index contributed by atoms with van der Waals surface area (Å²) in [5.41, 5.74) is 6.08. The summed E-state index contributed by atoms with van der Waals surface area (Å²) < 4.78 is 5.29. The fourth-order valence-corrected chi connectivity index (χ4v) is 1.88. The summed E-state index contributed by atoms with van der Waals surface area (Å²) in [6.07, 6.45) is 1.46. The minimum Gasteiger partial charge on any atom is -0.409 e. The summed E-state index contributed by atoms with van der Waals surface area (Å²) in [4.78, 5) is 1.85. The molecule has 1 aromatic rings. The number of hydrogen-bond acceptors (Lipinski definition) is 7. The van der Waals surface area contributed by atoms with Gasteiger partial charge in [0.2, 0.25) is 0 Å². The summed E-state index contributed by atoms with van der Waals surface area (Å²) >= 11 is 0. The molecule has 8 heteroatoms. The first kappa shape index (κ1) is 12.5. The van der Waals surface area contributed by atoms with Gasteiger partial charge in [0.1, 0.15) is 0 Å². The molecule has 2 rings (SSSR count). The molecule has 0 aliphatic carbocycles. The number of hydrogen-bond donors (Lipinski definition) is 3. The second kappa shape index (κ2) is 5.61. The van der Waals surface area contributed by atoms with Crippen LogP contribution in [0, 0.1) is 0 Å². The molecule has 0 saturated carbocycles. The molecule has 1 atom stereocenters. The maximum absolute atomic E-state index is 9.33. The quantitative estimate of drug-likeness (QED) is 0.267. The Morgan fingerprint density at radius 2 is 2.50 bits per heavy atom. The molecule has 4 N–H and O–H groups in total. The number of morpholine rings is 1. The highest BCUT2D eigenvalue weighted by molar-refractivity contribution is 6.01. The lowest BCUT2D eigenvalue weighted by atomic mass is 10.2. The van der Waals surface area contributed by atoms with Crippen LogP contribution >= 0.6 is 0 Å². The van der Waals surface area contributed by atoms with Crippen LogP contribution in [0.2, 0.25) is 0 Å². The zero-order chi connectivity index (χ0) is 13.0. The highest BCUT2D eigenvalue weighted by Crippen LogP contribution is 2.20. The van der Waals surface area contributed by atoms with E-state index < -0.39 is 0 Å². The third-order valence-electron chi connectivity index (χ3n) is 2.80. The molecule has 0 aromatic carbocycles. The van der Waals surface area contributed by atoms with E-state index in [1.807, 2.05) is 4.90 Å². The van der Waals surface area contributed by atoms with E-state index in [-0.39, 0.29) is 18.5 Å². The number of aliphatic hydroxyl groups is 1. The molecule has 0 bridgehead atoms. The minimum atomic E-state index is -0.208. The van der Waals surface area contributed by atoms with Crippen LogP contribution in [-0.4, -0.2) is 58.8 Å². The Hall–Kier alpha value is -1.93. The van der Waals surface area contributed by atoms with Crippen molar-refractivity contribution in [1.29, 1.82) is 0 Å². The zero-order valence-electron chi connectivity index (χ0n) is 9.73. The van der Waals surface area contributed by atoms with Crippen LogP contribution in [0.25, 0.3) is 0 Å². The molecule has 0 radical (unpaired) electrons. The topological polar surface area (TPSA) is 117 Å². The lowest BCUT2D eigenvalue weighted by molar-refractivity contribution is 0.0722. The number of aliphatic hydroxyl groups excluding tert-OH is 1. The van der Waals surface area contributed by atoms with Gasteiger partial charge >= 0.3 is 0 Å². The Labute approximate surface area is 104 Å². The smallest absolute Gasteiger partial charge is 0.173 e. The molecular weight excluding hydrogens is 238 g/mol. The average Bonchev–Trinajstić information content (AvgIpc) is 2.46. The van der Waals surface area contributed by atoms with E-state index in [0.29, 0.717) is 31.1 Å². The van der Waals surface area contributed by atoms with Gasteiger partial charge < -0.3 is 25.7 Å². The van der Waals surface area contributed by atoms with Gasteiger partial charge in [0.15, 0.2) is 11.7 Å². The van der Waals surface area contributed by atoms with E-state index >= 15 is 0 Å². The molecule has 0 spiro atoms. The molecule has 1 fully saturated rings. The van der Waals surface area contributed by atoms with Crippen molar-refractivity contribution in [2.24, 2.45) is 10.9 Å². The van der Waals surface area contributed by atoms with Crippen molar-refractivity contribution in [3.63, 3.8) is 0 Å². The number of nitrogens with two attached hydrogens (primary N) is 1. The number of oxime groups is 1. The Balaban J connectivity index is 2.37. The molecule has 1 saturated heterocycles. The van der Waals surface area contributed by atoms with E-state index in [1.54, 1.807) is 6.07 Å². The van der Waals surface area contributed by atoms with E-state index in [9.17, 15) is 5.11 Å². The summed E-state index contributed by atoms with van der Waals surface area (Å²) in [5.74, 6) is 0.443. The maximum Gasteiger partial charge on any atom is 0.173 e. The average molecular weight is 253 g/mol. The van der Waals surface area contributed by atoms with Crippen LogP contribution in [0.4, 0.5) is 5.82 Å². The van der Waals surface area contributed by atoms with E-state index in [2.05, 4.69) is 15.4 Å². The molecule has 1 unspecified atom stereocenters. The number of anilines is 1. The number of rotatable bonds is 3. The maximum atomic E-state index is 9.33. The highest BCUT2D eigenvalue weighted by Gasteiger charge is 2.26. The van der Waals surface area contributed by atoms with Crippen molar-refractivity contribution in [3.05, 3.63) is 17.8 Å². The Morgan fingerprint density at radius 1 is 1.67 bits per heavy atom. The van der Waals surface area contributed by atoms with Crippen molar-refractivity contribution in [2.45, 2.75) is 6.04 Å². The van der Waals surface area contributed by atoms with Crippen molar-refractivity contribution < 1.29 is 15.1 Å². The SMILES string of the molecule is N/C(=N/O)c1ccnnc1N1CCOCC1CO. The zero-order valence-corrected chi connectivity index (χ0v) is 9.73. The van der Waals surface area contributed by atoms with Gasteiger partial charge in [-0.2, -0.15) is 5.10 Å². The molecule has 1 aliphatic heterocycles. The van der Waals surface area contributed by atoms with Crippen molar-refractivity contribution >= 4 is 11.7 Å². The second-order valence-electron chi connectivity index (χ2n) is 3.86. The van der Waals surface area contributed by atoms with Gasteiger partial charge in [-0.3, -0.25) is 0 Å². The van der Waals surface area contributed by atoms with Crippen LogP contribution < -0.4 is 10.6 Å². The monoisotopic (exact) mass is 253 g/mol. The normalized spacial score (nSPS) is 21.1. The molecule has 98 valence electrons. The Morgan fingerprint density at radius 3 is 3.22 bits per heavy atom. The highest BCUT2D eigenvalue weighted by atomic mass is 16.5. The largest absolute Gasteiger partial charge is 0.409 e. The second-order valence-corrected chi connectivity index (χ2v) is 3.86. The van der Waals surface area contributed by atoms with Crippen molar-refractivity contribution in [3.8, 4) is 0 Å². The molecule has 1 aromatic heterocycles. The minimum absolute atomic E-state index is 0.0388. The van der Waals surface area contributed by atoms with Crippen LogP contribution in [0.15, 0.2) is 17.4 Å². The van der Waals surface area contributed by atoms with Gasteiger partial charge in [-0.05, 0) is 6.07 Å². The van der Waals surface area contributed by atoms with Gasteiger partial charge in [-0.25, -0.2) is 0 Å². The molecule has 8 nitrogen and oxygen atoms in total. The van der Waals surface area contributed by atoms with E-state index in [1.165, 1.54) is 6.20 Å². The van der Waals surface area contributed by atoms with Crippen molar-refractivity contribution in [2.75, 3.05) is 31.3 Å². The van der Waals surface area contributed by atoms with E-state index in [0.717, 1.165) is 0 Å². The number of ether oxygens (including phenoxy) is 1. The molecule has 1 aliphatic rings. The summed E-state index contributed by atoms with van der Waals surface area (Å²) in [6.45, 7) is 1.44. The summed E-state index contributed by atoms with van der Waals surface area (Å²) in [7, 11) is 0. The van der Waals surface area contributed by atoms with Crippen molar-refractivity contribution in [1.82, 2.24) is 10.2 Å². The molecule has 2 heterocycles. The first-order valence-corrected chi connectivity index (χ1v) is 5.52. The van der Waals surface area contributed by atoms with Crippen LogP contribution in [0.1, 0.15) is 5.56 Å². The third kappa shape index (κ3) is 2.34. The van der Waals surface area contributed by atoms with Gasteiger partial charge in [0.25, 0.3) is 0 Å². The first-order valence-electron chi connectivity index (χ1n) is 5.52. The molecule has 0 amide bonds. The standard InChI is InChI=1S/C10H15N5O3/c11-9(14-17)8-1-2-12-13-10(8)15-3-4-18-6-7(15)5-16/h1-2,7,16-17H,3-6H2,(H2,11,14). The van der Waals surface area contributed by atoms with Gasteiger partial charge in [-0.1, -0.05) is 5.16 Å². The fraction of sp³-hybridized carbons (Fsp3) is 0.500. The van der Waals surface area contributed by atoms with Crippen LogP contribution in [0.5, 0.6) is 0 Å². The van der Waals surface area contributed by atoms with Crippen LogP contribution in [-0.2, 0) is 4.74 Å². The number of amidine groups is 1. The lowest BCUT2D eigenvalue weighted by Gasteiger charge is -2.35. The first-order chi connectivity index (χ1) is 8.77. The van der Waals surface area contributed by atoms with Crippen LogP contribution in [0.3, 0.4) is 0 Å². The molecule has 18 heavy (non-hydrogen) atoms. The lowest BCUT2D eigenvalue weighted by Crippen LogP contribution is -2.48. The molecular formula is C10H15N5O3. The summed E-state index contributed by atoms with van der Waals surface area (Å²) in [5, 5.41) is 28.9.